The lowest BCUT2D eigenvalue weighted by Crippen LogP contribution is -2.41. The summed E-state index contributed by atoms with van der Waals surface area (Å²) in [4.78, 5) is 26.9. The molecule has 1 saturated heterocycles. The summed E-state index contributed by atoms with van der Waals surface area (Å²) < 4.78 is 11.1. The van der Waals surface area contributed by atoms with Gasteiger partial charge in [-0.1, -0.05) is 0 Å². The number of benzene rings is 2. The van der Waals surface area contributed by atoms with Gasteiger partial charge in [-0.15, -0.1) is 0 Å². The van der Waals surface area contributed by atoms with Gasteiger partial charge in [-0.2, -0.15) is 0 Å². The molecule has 0 radical (unpaired) electrons. The van der Waals surface area contributed by atoms with Crippen LogP contribution in [0.4, 0.5) is 11.4 Å². The first-order valence-corrected chi connectivity index (χ1v) is 8.46. The highest BCUT2D eigenvalue weighted by atomic mass is 16.5. The predicted molar refractivity (Wildman–Crippen MR) is 100 cm³/mol. The molecular formula is C19H19N3O4. The number of carbonyl (C=O) groups is 1. The molecule has 1 fully saturated rings. The lowest BCUT2D eigenvalue weighted by molar-refractivity contribution is -0.118. The van der Waals surface area contributed by atoms with Crippen molar-refractivity contribution >= 4 is 39.2 Å². The number of ether oxygens (including phenoxy) is 1. The molecule has 26 heavy (non-hydrogen) atoms. The number of hydrogen-bond donors (Lipinski definition) is 2. The number of carbonyl (C=O) groups excluding carboxylic acids is 1. The van der Waals surface area contributed by atoms with Gasteiger partial charge in [0, 0.05) is 30.5 Å². The molecule has 0 bridgehead atoms. The molecule has 7 nitrogen and oxygen atoms in total. The molecule has 3 N–H and O–H groups in total. The van der Waals surface area contributed by atoms with Crippen LogP contribution in [0.1, 0.15) is 0 Å². The van der Waals surface area contributed by atoms with E-state index in [1.807, 2.05) is 4.90 Å². The first kappa shape index (κ1) is 16.6. The SMILES string of the molecule is Nc1ccc2oc3cc(NC(=O)CN4CCOCC4)ccc3c(=O)c2c1. The molecule has 134 valence electrons. The second-order valence-corrected chi connectivity index (χ2v) is 6.33. The maximum absolute atomic E-state index is 12.6. The van der Waals surface area contributed by atoms with Gasteiger partial charge < -0.3 is 20.2 Å². The van der Waals surface area contributed by atoms with Gasteiger partial charge in [-0.3, -0.25) is 14.5 Å². The van der Waals surface area contributed by atoms with Crippen molar-refractivity contribution in [2.24, 2.45) is 0 Å². The Morgan fingerprint density at radius 1 is 1.08 bits per heavy atom. The summed E-state index contributed by atoms with van der Waals surface area (Å²) in [5.74, 6) is -0.109. The summed E-state index contributed by atoms with van der Waals surface area (Å²) in [7, 11) is 0. The Kier molecular flexibility index (Phi) is 4.32. The Bertz CT molecular complexity index is 1040. The second-order valence-electron chi connectivity index (χ2n) is 6.33. The number of amides is 1. The van der Waals surface area contributed by atoms with Crippen molar-refractivity contribution in [3.05, 3.63) is 46.6 Å². The maximum atomic E-state index is 12.6. The molecule has 1 aliphatic rings. The molecular weight excluding hydrogens is 334 g/mol. The quantitative estimate of drug-likeness (QED) is 0.550. The first-order chi connectivity index (χ1) is 12.6. The fourth-order valence-electron chi connectivity index (χ4n) is 3.11. The van der Waals surface area contributed by atoms with Gasteiger partial charge in [-0.25, -0.2) is 0 Å². The van der Waals surface area contributed by atoms with Gasteiger partial charge in [0.05, 0.1) is 30.5 Å². The molecule has 3 aromatic rings. The molecule has 0 spiro atoms. The van der Waals surface area contributed by atoms with Crippen LogP contribution in [-0.4, -0.2) is 43.7 Å². The highest BCUT2D eigenvalue weighted by molar-refractivity contribution is 5.96. The van der Waals surface area contributed by atoms with Crippen molar-refractivity contribution in [2.45, 2.75) is 0 Å². The van der Waals surface area contributed by atoms with Crippen molar-refractivity contribution in [2.75, 3.05) is 43.9 Å². The summed E-state index contributed by atoms with van der Waals surface area (Å²) >= 11 is 0. The van der Waals surface area contributed by atoms with Crippen LogP contribution in [0, 0.1) is 0 Å². The standard InChI is InChI=1S/C19H19N3O4/c20-12-1-4-16-15(9-12)19(24)14-3-2-13(10-17(14)26-16)21-18(23)11-22-5-7-25-8-6-22/h1-4,9-10H,5-8,11,20H2,(H,21,23). The molecule has 0 unspecified atom stereocenters. The molecule has 2 heterocycles. The predicted octanol–water partition coefficient (Wildman–Crippen LogP) is 1.80. The van der Waals surface area contributed by atoms with Gasteiger partial charge in [0.25, 0.3) is 0 Å². The first-order valence-electron chi connectivity index (χ1n) is 8.46. The Labute approximate surface area is 149 Å². The summed E-state index contributed by atoms with van der Waals surface area (Å²) in [5, 5.41) is 3.75. The third-order valence-corrected chi connectivity index (χ3v) is 4.45. The lowest BCUT2D eigenvalue weighted by Gasteiger charge is -2.25. The van der Waals surface area contributed by atoms with Gasteiger partial charge >= 0.3 is 0 Å². The number of fused-ring (bicyclic) bond motifs is 2. The number of rotatable bonds is 3. The second kappa shape index (κ2) is 6.78. The number of nitrogens with zero attached hydrogens (tertiary/aromatic N) is 1. The van der Waals surface area contributed by atoms with Crippen molar-refractivity contribution in [1.82, 2.24) is 4.90 Å². The molecule has 0 saturated carbocycles. The zero-order valence-electron chi connectivity index (χ0n) is 14.2. The smallest absolute Gasteiger partial charge is 0.238 e. The van der Waals surface area contributed by atoms with E-state index in [9.17, 15) is 9.59 Å². The molecule has 1 amide bonds. The largest absolute Gasteiger partial charge is 0.456 e. The molecule has 1 aromatic heterocycles. The van der Waals surface area contributed by atoms with Crippen LogP contribution in [0.15, 0.2) is 45.6 Å². The number of anilines is 2. The number of morpholine rings is 1. The minimum absolute atomic E-state index is 0.109. The average molecular weight is 353 g/mol. The Hall–Kier alpha value is -2.90. The van der Waals surface area contributed by atoms with E-state index in [1.54, 1.807) is 36.4 Å². The minimum atomic E-state index is -0.139. The van der Waals surface area contributed by atoms with E-state index in [2.05, 4.69) is 5.32 Å². The summed E-state index contributed by atoms with van der Waals surface area (Å²) in [5.41, 5.74) is 7.61. The van der Waals surface area contributed by atoms with Crippen molar-refractivity contribution in [1.29, 1.82) is 0 Å². The normalized spacial score (nSPS) is 15.4. The molecule has 2 aromatic carbocycles. The number of hydrogen-bond acceptors (Lipinski definition) is 6. The zero-order chi connectivity index (χ0) is 18.1. The summed E-state index contributed by atoms with van der Waals surface area (Å²) in [6.07, 6.45) is 0. The zero-order valence-corrected chi connectivity index (χ0v) is 14.2. The topological polar surface area (TPSA) is 97.8 Å². The van der Waals surface area contributed by atoms with Crippen LogP contribution in [0.25, 0.3) is 21.9 Å². The third-order valence-electron chi connectivity index (χ3n) is 4.45. The van der Waals surface area contributed by atoms with Crippen LogP contribution in [0.5, 0.6) is 0 Å². The van der Waals surface area contributed by atoms with E-state index in [-0.39, 0.29) is 11.3 Å². The maximum Gasteiger partial charge on any atom is 0.238 e. The fourth-order valence-corrected chi connectivity index (χ4v) is 3.11. The van der Waals surface area contributed by atoms with Crippen molar-refractivity contribution in [3.63, 3.8) is 0 Å². The molecule has 7 heteroatoms. The van der Waals surface area contributed by atoms with Crippen molar-refractivity contribution < 1.29 is 13.9 Å². The Morgan fingerprint density at radius 3 is 2.69 bits per heavy atom. The minimum Gasteiger partial charge on any atom is -0.456 e. The van der Waals surface area contributed by atoms with Gasteiger partial charge in [-0.05, 0) is 30.3 Å². The van der Waals surface area contributed by atoms with E-state index in [0.29, 0.717) is 53.1 Å². The van der Waals surface area contributed by atoms with Crippen molar-refractivity contribution in [3.8, 4) is 0 Å². The van der Waals surface area contributed by atoms with E-state index >= 15 is 0 Å². The van der Waals surface area contributed by atoms with Crippen LogP contribution >= 0.6 is 0 Å². The fraction of sp³-hybridized carbons (Fsp3) is 0.263. The molecule has 0 atom stereocenters. The number of nitrogens with two attached hydrogens (primary N) is 1. The Morgan fingerprint density at radius 2 is 1.88 bits per heavy atom. The van der Waals surface area contributed by atoms with Gasteiger partial charge in [0.2, 0.25) is 11.3 Å². The van der Waals surface area contributed by atoms with Gasteiger partial charge in [0.1, 0.15) is 11.2 Å². The van der Waals surface area contributed by atoms with E-state index in [4.69, 9.17) is 14.9 Å². The van der Waals surface area contributed by atoms with E-state index in [1.165, 1.54) is 0 Å². The molecule has 1 aliphatic heterocycles. The van der Waals surface area contributed by atoms with E-state index < -0.39 is 0 Å². The highest BCUT2D eigenvalue weighted by Gasteiger charge is 2.15. The Balaban J connectivity index is 1.60. The van der Waals surface area contributed by atoms with Crippen LogP contribution < -0.4 is 16.5 Å². The number of nitrogens with one attached hydrogen (secondary N) is 1. The monoisotopic (exact) mass is 353 g/mol. The lowest BCUT2D eigenvalue weighted by atomic mass is 10.1. The van der Waals surface area contributed by atoms with Crippen LogP contribution in [-0.2, 0) is 9.53 Å². The van der Waals surface area contributed by atoms with Crippen LogP contribution in [0.2, 0.25) is 0 Å². The van der Waals surface area contributed by atoms with E-state index in [0.717, 1.165) is 13.1 Å². The third kappa shape index (κ3) is 3.26. The molecule has 4 rings (SSSR count). The summed E-state index contributed by atoms with van der Waals surface area (Å²) in [6.45, 7) is 3.09. The number of nitrogen functional groups attached to an aromatic ring is 1. The van der Waals surface area contributed by atoms with Crippen LogP contribution in [0.3, 0.4) is 0 Å². The summed E-state index contributed by atoms with van der Waals surface area (Å²) in [6, 6.07) is 10.0. The highest BCUT2D eigenvalue weighted by Crippen LogP contribution is 2.23. The average Bonchev–Trinajstić information content (AvgIpc) is 2.63. The van der Waals surface area contributed by atoms with Gasteiger partial charge in [0.15, 0.2) is 0 Å². The molecule has 0 aliphatic carbocycles.